The number of benzene rings is 2. The number of carbonyl (C=O) groups excluding carboxylic acids is 1. The second kappa shape index (κ2) is 6.26. The predicted molar refractivity (Wildman–Crippen MR) is 79.5 cm³/mol. The highest BCUT2D eigenvalue weighted by atomic mass is 35.5. The molecule has 4 heteroatoms. The molecule has 1 N–H and O–H groups in total. The number of phenols is 1. The topological polar surface area (TPSA) is 46.5 Å². The van der Waals surface area contributed by atoms with E-state index in [2.05, 4.69) is 0 Å². The normalized spacial score (nSPS) is 10.7. The zero-order valence-electron chi connectivity index (χ0n) is 10.8. The van der Waals surface area contributed by atoms with Crippen LogP contribution in [0.25, 0.3) is 6.08 Å². The third-order valence-electron chi connectivity index (χ3n) is 2.78. The summed E-state index contributed by atoms with van der Waals surface area (Å²) in [5, 5.41) is 10.1. The molecule has 0 saturated heterocycles. The molecule has 0 aromatic heterocycles. The Kier molecular flexibility index (Phi) is 4.43. The number of methoxy groups -OCH3 is 1. The summed E-state index contributed by atoms with van der Waals surface area (Å²) in [7, 11) is 1.43. The smallest absolute Gasteiger partial charge is 0.185 e. The van der Waals surface area contributed by atoms with Crippen LogP contribution >= 0.6 is 11.6 Å². The molecule has 0 heterocycles. The summed E-state index contributed by atoms with van der Waals surface area (Å²) in [5.74, 6) is 0.0735. The van der Waals surface area contributed by atoms with Crippen LogP contribution in [0.2, 0.25) is 5.02 Å². The summed E-state index contributed by atoms with van der Waals surface area (Å²) >= 11 is 6.01. The van der Waals surface area contributed by atoms with Gasteiger partial charge in [-0.2, -0.15) is 0 Å². The van der Waals surface area contributed by atoms with Crippen LogP contribution < -0.4 is 4.74 Å². The number of hydrogen-bond donors (Lipinski definition) is 1. The monoisotopic (exact) mass is 288 g/mol. The molecule has 0 amide bonds. The van der Waals surface area contributed by atoms with E-state index in [0.29, 0.717) is 10.6 Å². The maximum Gasteiger partial charge on any atom is 0.185 e. The van der Waals surface area contributed by atoms with Crippen molar-refractivity contribution >= 4 is 23.5 Å². The van der Waals surface area contributed by atoms with Crippen LogP contribution in [0, 0.1) is 0 Å². The molecule has 0 fully saturated rings. The number of ketones is 1. The number of halogens is 1. The lowest BCUT2D eigenvalue weighted by molar-refractivity contribution is 0.104. The number of hydrogen-bond acceptors (Lipinski definition) is 3. The van der Waals surface area contributed by atoms with Crippen molar-refractivity contribution in [2.24, 2.45) is 0 Å². The number of rotatable bonds is 4. The highest BCUT2D eigenvalue weighted by Crippen LogP contribution is 2.26. The van der Waals surface area contributed by atoms with Gasteiger partial charge in [0.05, 0.1) is 7.11 Å². The standard InChI is InChI=1S/C16H13ClO3/c1-20-16-10-12(7-9-15(16)19)14(18)8-6-11-4-2-3-5-13(11)17/h2-10,19H,1H3/b8-6+. The highest BCUT2D eigenvalue weighted by Gasteiger charge is 2.07. The molecular formula is C16H13ClO3. The Morgan fingerprint density at radius 2 is 2.00 bits per heavy atom. The van der Waals surface area contributed by atoms with Gasteiger partial charge in [-0.25, -0.2) is 0 Å². The quantitative estimate of drug-likeness (QED) is 0.684. The lowest BCUT2D eigenvalue weighted by Crippen LogP contribution is -1.95. The van der Waals surface area contributed by atoms with Gasteiger partial charge in [-0.05, 0) is 42.0 Å². The van der Waals surface area contributed by atoms with E-state index in [1.807, 2.05) is 18.2 Å². The van der Waals surface area contributed by atoms with Crippen LogP contribution in [0.5, 0.6) is 11.5 Å². The summed E-state index contributed by atoms with van der Waals surface area (Å²) in [6, 6.07) is 11.7. The average molecular weight is 289 g/mol. The highest BCUT2D eigenvalue weighted by molar-refractivity contribution is 6.32. The fraction of sp³-hybridized carbons (Fsp3) is 0.0625. The van der Waals surface area contributed by atoms with Crippen molar-refractivity contribution in [2.75, 3.05) is 7.11 Å². The van der Waals surface area contributed by atoms with Gasteiger partial charge in [0.15, 0.2) is 17.3 Å². The van der Waals surface area contributed by atoms with Gasteiger partial charge in [0.1, 0.15) is 0 Å². The van der Waals surface area contributed by atoms with E-state index < -0.39 is 0 Å². The summed E-state index contributed by atoms with van der Waals surface area (Å²) in [6.07, 6.45) is 3.09. The molecule has 20 heavy (non-hydrogen) atoms. The second-order valence-corrected chi connectivity index (χ2v) is 4.51. The van der Waals surface area contributed by atoms with Gasteiger partial charge in [0.25, 0.3) is 0 Å². The summed E-state index contributed by atoms with van der Waals surface area (Å²) in [6.45, 7) is 0. The zero-order valence-corrected chi connectivity index (χ0v) is 11.6. The van der Waals surface area contributed by atoms with Gasteiger partial charge in [-0.1, -0.05) is 29.8 Å². The molecule has 2 aromatic carbocycles. The van der Waals surface area contributed by atoms with Crippen LogP contribution in [0.1, 0.15) is 15.9 Å². The van der Waals surface area contributed by atoms with Crippen molar-refractivity contribution in [3.63, 3.8) is 0 Å². The Bertz CT molecular complexity index is 663. The van der Waals surface area contributed by atoms with E-state index >= 15 is 0 Å². The lowest BCUT2D eigenvalue weighted by atomic mass is 10.1. The Balaban J connectivity index is 2.22. The molecule has 0 atom stereocenters. The molecule has 0 aliphatic carbocycles. The third kappa shape index (κ3) is 3.19. The molecule has 0 aliphatic rings. The molecule has 0 saturated carbocycles. The Morgan fingerprint density at radius 1 is 1.25 bits per heavy atom. The van der Waals surface area contributed by atoms with Crippen LogP contribution in [0.3, 0.4) is 0 Å². The van der Waals surface area contributed by atoms with Gasteiger partial charge in [-0.3, -0.25) is 4.79 Å². The first kappa shape index (κ1) is 14.2. The molecular weight excluding hydrogens is 276 g/mol. The Morgan fingerprint density at radius 3 is 2.70 bits per heavy atom. The maximum atomic E-state index is 12.0. The van der Waals surface area contributed by atoms with E-state index in [0.717, 1.165) is 5.56 Å². The van der Waals surface area contributed by atoms with E-state index in [4.69, 9.17) is 16.3 Å². The first-order valence-electron chi connectivity index (χ1n) is 5.96. The number of aromatic hydroxyl groups is 1. The van der Waals surface area contributed by atoms with Crippen molar-refractivity contribution in [1.82, 2.24) is 0 Å². The summed E-state index contributed by atoms with van der Waals surface area (Å²) in [5.41, 5.74) is 1.20. The average Bonchev–Trinajstić information content (AvgIpc) is 2.46. The van der Waals surface area contributed by atoms with Crippen LogP contribution in [-0.4, -0.2) is 18.0 Å². The molecule has 3 nitrogen and oxygen atoms in total. The number of ether oxygens (including phenoxy) is 1. The Labute approximate surface area is 122 Å². The summed E-state index contributed by atoms with van der Waals surface area (Å²) in [4.78, 5) is 12.0. The van der Waals surface area contributed by atoms with Gasteiger partial charge >= 0.3 is 0 Å². The summed E-state index contributed by atoms with van der Waals surface area (Å²) < 4.78 is 4.97. The van der Waals surface area contributed by atoms with Crippen molar-refractivity contribution < 1.29 is 14.6 Å². The fourth-order valence-corrected chi connectivity index (χ4v) is 1.90. The molecule has 0 aliphatic heterocycles. The molecule has 2 rings (SSSR count). The van der Waals surface area contributed by atoms with E-state index in [-0.39, 0.29) is 17.3 Å². The van der Waals surface area contributed by atoms with Crippen LogP contribution in [0.4, 0.5) is 0 Å². The van der Waals surface area contributed by atoms with E-state index in [9.17, 15) is 9.90 Å². The molecule has 0 bridgehead atoms. The van der Waals surface area contributed by atoms with E-state index in [1.165, 1.54) is 31.4 Å². The number of carbonyl (C=O) groups is 1. The largest absolute Gasteiger partial charge is 0.504 e. The fourth-order valence-electron chi connectivity index (χ4n) is 1.70. The predicted octanol–water partition coefficient (Wildman–Crippen LogP) is 3.95. The van der Waals surface area contributed by atoms with Gasteiger partial charge < -0.3 is 9.84 Å². The first-order chi connectivity index (χ1) is 9.61. The maximum absolute atomic E-state index is 12.0. The van der Waals surface area contributed by atoms with E-state index in [1.54, 1.807) is 12.1 Å². The minimum Gasteiger partial charge on any atom is -0.504 e. The Hall–Kier alpha value is -2.26. The van der Waals surface area contributed by atoms with Crippen molar-refractivity contribution in [2.45, 2.75) is 0 Å². The molecule has 0 radical (unpaired) electrons. The van der Waals surface area contributed by atoms with Gasteiger partial charge in [-0.15, -0.1) is 0 Å². The lowest BCUT2D eigenvalue weighted by Gasteiger charge is -2.04. The molecule has 0 unspecified atom stereocenters. The number of phenolic OH excluding ortho intramolecular Hbond substituents is 1. The SMILES string of the molecule is COc1cc(C(=O)/C=C/c2ccccc2Cl)ccc1O. The minimum atomic E-state index is -0.191. The van der Waals surface area contributed by atoms with Crippen molar-refractivity contribution in [3.05, 3.63) is 64.7 Å². The minimum absolute atomic E-state index is 0.000802. The number of allylic oxidation sites excluding steroid dienone is 1. The van der Waals surface area contributed by atoms with Gasteiger partial charge in [0, 0.05) is 10.6 Å². The molecule has 102 valence electrons. The van der Waals surface area contributed by atoms with Crippen molar-refractivity contribution in [1.29, 1.82) is 0 Å². The first-order valence-corrected chi connectivity index (χ1v) is 6.33. The van der Waals surface area contributed by atoms with Crippen molar-refractivity contribution in [3.8, 4) is 11.5 Å². The molecule has 2 aromatic rings. The molecule has 0 spiro atoms. The van der Waals surface area contributed by atoms with Crippen LogP contribution in [0.15, 0.2) is 48.5 Å². The zero-order chi connectivity index (χ0) is 14.5. The van der Waals surface area contributed by atoms with Gasteiger partial charge in [0.2, 0.25) is 0 Å². The van der Waals surface area contributed by atoms with Crippen LogP contribution in [-0.2, 0) is 0 Å². The third-order valence-corrected chi connectivity index (χ3v) is 3.13. The second-order valence-electron chi connectivity index (χ2n) is 4.11.